The lowest BCUT2D eigenvalue weighted by Crippen LogP contribution is -2.43. The first-order valence-electron chi connectivity index (χ1n) is 6.40. The molecule has 2 N–H and O–H groups in total. The zero-order valence-electron chi connectivity index (χ0n) is 10.9. The lowest BCUT2D eigenvalue weighted by atomic mass is 9.75. The van der Waals surface area contributed by atoms with Gasteiger partial charge in [0.15, 0.2) is 0 Å². The van der Waals surface area contributed by atoms with Gasteiger partial charge in [-0.25, -0.2) is 0 Å². The normalized spacial score (nSPS) is 24.4. The van der Waals surface area contributed by atoms with Gasteiger partial charge in [0, 0.05) is 18.6 Å². The van der Waals surface area contributed by atoms with Gasteiger partial charge in [0.1, 0.15) is 0 Å². The number of nitrogens with zero attached hydrogens (tertiary/aromatic N) is 1. The molecule has 1 fully saturated rings. The van der Waals surface area contributed by atoms with Gasteiger partial charge in [0.2, 0.25) is 0 Å². The van der Waals surface area contributed by atoms with Crippen LogP contribution >= 0.6 is 0 Å². The number of nitrogens with two attached hydrogens (primary N) is 1. The number of hydrogen-bond donors (Lipinski definition) is 1. The molecule has 0 radical (unpaired) electrons. The van der Waals surface area contributed by atoms with Crippen LogP contribution in [0.2, 0.25) is 0 Å². The second kappa shape index (κ2) is 5.31. The average molecular weight is 212 g/mol. The van der Waals surface area contributed by atoms with Crippen LogP contribution in [0.4, 0.5) is 0 Å². The van der Waals surface area contributed by atoms with E-state index in [1.54, 1.807) is 0 Å². The Bertz CT molecular complexity index is 179. The van der Waals surface area contributed by atoms with E-state index in [9.17, 15) is 0 Å². The van der Waals surface area contributed by atoms with Gasteiger partial charge in [0.25, 0.3) is 0 Å². The van der Waals surface area contributed by atoms with Crippen LogP contribution in [0.3, 0.4) is 0 Å². The first-order valence-corrected chi connectivity index (χ1v) is 6.40. The zero-order valence-corrected chi connectivity index (χ0v) is 10.9. The summed E-state index contributed by atoms with van der Waals surface area (Å²) in [4.78, 5) is 2.48. The van der Waals surface area contributed by atoms with E-state index in [0.29, 0.717) is 11.5 Å². The molecule has 0 spiro atoms. The summed E-state index contributed by atoms with van der Waals surface area (Å²) in [5, 5.41) is 0. The van der Waals surface area contributed by atoms with Crippen LogP contribution in [0, 0.1) is 5.41 Å². The lowest BCUT2D eigenvalue weighted by molar-refractivity contribution is 0.122. The summed E-state index contributed by atoms with van der Waals surface area (Å²) in [7, 11) is 2.23. The second-order valence-electron chi connectivity index (χ2n) is 6.00. The first-order chi connectivity index (χ1) is 6.94. The predicted molar refractivity (Wildman–Crippen MR) is 66.9 cm³/mol. The molecule has 0 aromatic heterocycles. The Labute approximate surface area is 95.2 Å². The van der Waals surface area contributed by atoms with Gasteiger partial charge >= 0.3 is 0 Å². The summed E-state index contributed by atoms with van der Waals surface area (Å²) in [5.74, 6) is 0. The van der Waals surface area contributed by atoms with Crippen molar-refractivity contribution in [3.63, 3.8) is 0 Å². The van der Waals surface area contributed by atoms with E-state index in [0.717, 1.165) is 19.0 Å². The SMILES string of the molecule is CCC(N)CN(C)C1CCC(C)(C)CC1. The highest BCUT2D eigenvalue weighted by Crippen LogP contribution is 2.36. The highest BCUT2D eigenvalue weighted by Gasteiger charge is 2.28. The summed E-state index contributed by atoms with van der Waals surface area (Å²) in [6, 6.07) is 1.13. The molecular weight excluding hydrogens is 184 g/mol. The van der Waals surface area contributed by atoms with E-state index in [2.05, 4.69) is 32.7 Å². The molecule has 2 nitrogen and oxygen atoms in total. The van der Waals surface area contributed by atoms with Crippen molar-refractivity contribution in [2.24, 2.45) is 11.1 Å². The Balaban J connectivity index is 2.33. The molecule has 1 aliphatic carbocycles. The van der Waals surface area contributed by atoms with E-state index < -0.39 is 0 Å². The zero-order chi connectivity index (χ0) is 11.5. The van der Waals surface area contributed by atoms with Gasteiger partial charge in [-0.1, -0.05) is 20.8 Å². The van der Waals surface area contributed by atoms with Crippen LogP contribution < -0.4 is 5.73 Å². The predicted octanol–water partition coefficient (Wildman–Crippen LogP) is 2.62. The van der Waals surface area contributed by atoms with Gasteiger partial charge in [-0.05, 0) is 44.6 Å². The van der Waals surface area contributed by atoms with E-state index >= 15 is 0 Å². The monoisotopic (exact) mass is 212 g/mol. The molecule has 1 unspecified atom stereocenters. The highest BCUT2D eigenvalue weighted by molar-refractivity contribution is 4.83. The molecule has 1 rings (SSSR count). The maximum Gasteiger partial charge on any atom is 0.0165 e. The van der Waals surface area contributed by atoms with Crippen molar-refractivity contribution in [3.05, 3.63) is 0 Å². The van der Waals surface area contributed by atoms with Crippen molar-refractivity contribution in [1.82, 2.24) is 4.90 Å². The standard InChI is InChI=1S/C13H28N2/c1-5-11(14)10-15(4)12-6-8-13(2,3)9-7-12/h11-12H,5-10,14H2,1-4H3. The fraction of sp³-hybridized carbons (Fsp3) is 1.00. The molecule has 0 bridgehead atoms. The topological polar surface area (TPSA) is 29.3 Å². The third kappa shape index (κ3) is 4.12. The minimum Gasteiger partial charge on any atom is -0.327 e. The van der Waals surface area contributed by atoms with Gasteiger partial charge < -0.3 is 10.6 Å². The Morgan fingerprint density at radius 3 is 2.33 bits per heavy atom. The molecular formula is C13H28N2. The maximum absolute atomic E-state index is 5.99. The number of likely N-dealkylation sites (N-methyl/N-ethyl adjacent to an activating group) is 1. The van der Waals surface area contributed by atoms with Gasteiger partial charge in [-0.2, -0.15) is 0 Å². The van der Waals surface area contributed by atoms with E-state index in [4.69, 9.17) is 5.73 Å². The van der Waals surface area contributed by atoms with Crippen LogP contribution in [0.1, 0.15) is 52.9 Å². The number of rotatable bonds is 4. The van der Waals surface area contributed by atoms with Crippen LogP contribution in [-0.4, -0.2) is 30.6 Å². The maximum atomic E-state index is 5.99. The average Bonchev–Trinajstić information content (AvgIpc) is 2.17. The molecule has 0 heterocycles. The molecule has 0 aromatic rings. The van der Waals surface area contributed by atoms with Crippen LogP contribution in [0.15, 0.2) is 0 Å². The quantitative estimate of drug-likeness (QED) is 0.776. The molecule has 0 amide bonds. The Morgan fingerprint density at radius 1 is 1.33 bits per heavy atom. The Morgan fingerprint density at radius 2 is 1.87 bits per heavy atom. The van der Waals surface area contributed by atoms with Crippen molar-refractivity contribution >= 4 is 0 Å². The third-order valence-electron chi connectivity index (χ3n) is 3.98. The van der Waals surface area contributed by atoms with Crippen molar-refractivity contribution in [1.29, 1.82) is 0 Å². The minimum absolute atomic E-state index is 0.352. The molecule has 0 aromatic carbocycles. The second-order valence-corrected chi connectivity index (χ2v) is 6.00. The number of hydrogen-bond acceptors (Lipinski definition) is 2. The fourth-order valence-electron chi connectivity index (χ4n) is 2.47. The van der Waals surface area contributed by atoms with Crippen LogP contribution in [0.5, 0.6) is 0 Å². The molecule has 0 saturated heterocycles. The van der Waals surface area contributed by atoms with Gasteiger partial charge in [-0.3, -0.25) is 0 Å². The minimum atomic E-state index is 0.352. The molecule has 90 valence electrons. The summed E-state index contributed by atoms with van der Waals surface area (Å²) in [6.07, 6.45) is 6.51. The third-order valence-corrected chi connectivity index (χ3v) is 3.98. The molecule has 15 heavy (non-hydrogen) atoms. The lowest BCUT2D eigenvalue weighted by Gasteiger charge is -2.39. The summed E-state index contributed by atoms with van der Waals surface area (Å²) >= 11 is 0. The molecule has 2 heteroatoms. The Kier molecular flexibility index (Phi) is 4.60. The highest BCUT2D eigenvalue weighted by atomic mass is 15.1. The van der Waals surface area contributed by atoms with Crippen molar-refractivity contribution in [2.75, 3.05) is 13.6 Å². The summed E-state index contributed by atoms with van der Waals surface area (Å²) in [6.45, 7) is 8.01. The Hall–Kier alpha value is -0.0800. The van der Waals surface area contributed by atoms with Gasteiger partial charge in [0.05, 0.1) is 0 Å². The van der Waals surface area contributed by atoms with E-state index in [1.165, 1.54) is 25.7 Å². The molecule has 1 saturated carbocycles. The fourth-order valence-corrected chi connectivity index (χ4v) is 2.47. The van der Waals surface area contributed by atoms with Crippen molar-refractivity contribution in [2.45, 2.75) is 65.0 Å². The van der Waals surface area contributed by atoms with Gasteiger partial charge in [-0.15, -0.1) is 0 Å². The largest absolute Gasteiger partial charge is 0.327 e. The van der Waals surface area contributed by atoms with Crippen LogP contribution in [0.25, 0.3) is 0 Å². The molecule has 1 atom stereocenters. The van der Waals surface area contributed by atoms with Crippen molar-refractivity contribution in [3.8, 4) is 0 Å². The molecule has 1 aliphatic rings. The van der Waals surface area contributed by atoms with Crippen molar-refractivity contribution < 1.29 is 0 Å². The molecule has 0 aliphatic heterocycles. The van der Waals surface area contributed by atoms with E-state index in [-0.39, 0.29) is 0 Å². The van der Waals surface area contributed by atoms with Crippen LogP contribution in [-0.2, 0) is 0 Å². The van der Waals surface area contributed by atoms with E-state index in [1.807, 2.05) is 0 Å². The smallest absolute Gasteiger partial charge is 0.0165 e. The summed E-state index contributed by atoms with van der Waals surface area (Å²) < 4.78 is 0. The summed E-state index contributed by atoms with van der Waals surface area (Å²) in [5.41, 5.74) is 6.57. The first kappa shape index (κ1) is 13.0.